The van der Waals surface area contributed by atoms with Gasteiger partial charge in [0.15, 0.2) is 6.61 Å². The first-order valence-electron chi connectivity index (χ1n) is 8.55. The second-order valence-corrected chi connectivity index (χ2v) is 6.34. The van der Waals surface area contributed by atoms with E-state index < -0.39 is 0 Å². The number of rotatable bonds is 5. The molecule has 0 aromatic heterocycles. The molecule has 3 rings (SSSR count). The Balaban J connectivity index is 1.72. The normalized spacial score (nSPS) is 15.1. The summed E-state index contributed by atoms with van der Waals surface area (Å²) in [5.41, 5.74) is 2.81. The molecular weight excluding hydrogens is 342 g/mol. The standard InChI is InChI=1S/C21H21N3O3/c1-15-19(21(26)24(22-15)17-7-5-4-6-8-17)13-16-9-11-18(12-10-16)27-14-20(25)23(2)3/h4-13H,14H2,1-3H3/b19-13-. The zero-order chi connectivity index (χ0) is 19.4. The van der Waals surface area contributed by atoms with E-state index in [1.807, 2.05) is 49.4 Å². The Kier molecular flexibility index (Phi) is 5.35. The number of hydrogen-bond donors (Lipinski definition) is 0. The van der Waals surface area contributed by atoms with E-state index in [9.17, 15) is 9.59 Å². The molecule has 0 saturated heterocycles. The molecule has 2 aromatic rings. The predicted molar refractivity (Wildman–Crippen MR) is 106 cm³/mol. The van der Waals surface area contributed by atoms with Crippen molar-refractivity contribution < 1.29 is 14.3 Å². The molecule has 0 radical (unpaired) electrons. The molecule has 2 amide bonds. The van der Waals surface area contributed by atoms with Gasteiger partial charge in [-0.3, -0.25) is 9.59 Å². The van der Waals surface area contributed by atoms with Crippen molar-refractivity contribution in [2.75, 3.05) is 25.7 Å². The summed E-state index contributed by atoms with van der Waals surface area (Å²) in [6.07, 6.45) is 1.80. The first kappa shape index (κ1) is 18.4. The van der Waals surface area contributed by atoms with Crippen molar-refractivity contribution >= 4 is 29.3 Å². The summed E-state index contributed by atoms with van der Waals surface area (Å²) in [7, 11) is 3.37. The van der Waals surface area contributed by atoms with Crippen molar-refractivity contribution in [2.24, 2.45) is 5.10 Å². The van der Waals surface area contributed by atoms with Gasteiger partial charge in [0.2, 0.25) is 0 Å². The summed E-state index contributed by atoms with van der Waals surface area (Å²) in [6.45, 7) is 1.81. The van der Waals surface area contributed by atoms with Crippen LogP contribution in [0.5, 0.6) is 5.75 Å². The summed E-state index contributed by atoms with van der Waals surface area (Å²) in [5.74, 6) is 0.336. The Morgan fingerprint density at radius 1 is 1.11 bits per heavy atom. The minimum Gasteiger partial charge on any atom is -0.484 e. The fraction of sp³-hybridized carbons (Fsp3) is 0.190. The zero-order valence-electron chi connectivity index (χ0n) is 15.5. The molecule has 0 aliphatic carbocycles. The third-order valence-corrected chi connectivity index (χ3v) is 4.12. The number of ether oxygens (including phenoxy) is 1. The second kappa shape index (κ2) is 7.86. The molecule has 0 unspecified atom stereocenters. The number of hydrazone groups is 1. The molecule has 1 heterocycles. The molecule has 0 N–H and O–H groups in total. The maximum atomic E-state index is 12.7. The summed E-state index contributed by atoms with van der Waals surface area (Å²) >= 11 is 0. The molecule has 1 aliphatic heterocycles. The highest BCUT2D eigenvalue weighted by molar-refractivity contribution is 6.32. The van der Waals surface area contributed by atoms with Gasteiger partial charge in [-0.2, -0.15) is 10.1 Å². The Bertz CT molecular complexity index is 900. The lowest BCUT2D eigenvalue weighted by molar-refractivity contribution is -0.130. The first-order chi connectivity index (χ1) is 13.0. The van der Waals surface area contributed by atoms with Gasteiger partial charge in [0.1, 0.15) is 5.75 Å². The minimum atomic E-state index is -0.157. The molecule has 0 atom stereocenters. The summed E-state index contributed by atoms with van der Waals surface area (Å²) < 4.78 is 5.46. The topological polar surface area (TPSA) is 62.2 Å². The van der Waals surface area contributed by atoms with Crippen LogP contribution in [0, 0.1) is 0 Å². The molecule has 138 valence electrons. The highest BCUT2D eigenvalue weighted by Gasteiger charge is 2.28. The van der Waals surface area contributed by atoms with Gasteiger partial charge >= 0.3 is 0 Å². The summed E-state index contributed by atoms with van der Waals surface area (Å²) in [4.78, 5) is 25.8. The monoisotopic (exact) mass is 363 g/mol. The van der Waals surface area contributed by atoms with E-state index in [-0.39, 0.29) is 18.4 Å². The second-order valence-electron chi connectivity index (χ2n) is 6.34. The van der Waals surface area contributed by atoms with Crippen molar-refractivity contribution in [1.82, 2.24) is 4.90 Å². The highest BCUT2D eigenvalue weighted by Crippen LogP contribution is 2.25. The molecule has 6 nitrogen and oxygen atoms in total. The van der Waals surface area contributed by atoms with E-state index in [4.69, 9.17) is 4.74 Å². The van der Waals surface area contributed by atoms with Crippen LogP contribution in [0.2, 0.25) is 0 Å². The summed E-state index contributed by atoms with van der Waals surface area (Å²) in [5, 5.41) is 5.77. The third kappa shape index (κ3) is 4.23. The average Bonchev–Trinajstić information content (AvgIpc) is 2.96. The van der Waals surface area contributed by atoms with Crippen LogP contribution < -0.4 is 9.75 Å². The number of anilines is 1. The Morgan fingerprint density at radius 2 is 1.78 bits per heavy atom. The molecular formula is C21H21N3O3. The van der Waals surface area contributed by atoms with Crippen LogP contribution in [0.1, 0.15) is 12.5 Å². The van der Waals surface area contributed by atoms with Crippen molar-refractivity contribution in [3.05, 3.63) is 65.7 Å². The van der Waals surface area contributed by atoms with Crippen LogP contribution in [-0.4, -0.2) is 43.1 Å². The van der Waals surface area contributed by atoms with E-state index in [0.29, 0.717) is 17.0 Å². The molecule has 6 heteroatoms. The molecule has 0 saturated carbocycles. The van der Waals surface area contributed by atoms with E-state index in [1.165, 1.54) is 9.91 Å². The predicted octanol–water partition coefficient (Wildman–Crippen LogP) is 2.96. The fourth-order valence-corrected chi connectivity index (χ4v) is 2.53. The smallest absolute Gasteiger partial charge is 0.280 e. The number of nitrogens with zero attached hydrogens (tertiary/aromatic N) is 3. The number of benzene rings is 2. The van der Waals surface area contributed by atoms with Gasteiger partial charge in [0.25, 0.3) is 11.8 Å². The Labute approximate surface area is 158 Å². The van der Waals surface area contributed by atoms with Crippen LogP contribution in [0.4, 0.5) is 5.69 Å². The van der Waals surface area contributed by atoms with Crippen LogP contribution in [-0.2, 0) is 9.59 Å². The number of hydrogen-bond acceptors (Lipinski definition) is 4. The zero-order valence-corrected chi connectivity index (χ0v) is 15.5. The molecule has 0 bridgehead atoms. The fourth-order valence-electron chi connectivity index (χ4n) is 2.53. The number of likely N-dealkylation sites (N-methyl/N-ethyl adjacent to an activating group) is 1. The number of para-hydroxylation sites is 1. The highest BCUT2D eigenvalue weighted by atomic mass is 16.5. The SMILES string of the molecule is CC1=NN(c2ccccc2)C(=O)/C1=C\c1ccc(OCC(=O)N(C)C)cc1. The minimum absolute atomic E-state index is 0.0102. The number of amides is 2. The summed E-state index contributed by atoms with van der Waals surface area (Å²) in [6, 6.07) is 16.6. The van der Waals surface area contributed by atoms with Gasteiger partial charge in [0, 0.05) is 14.1 Å². The lowest BCUT2D eigenvalue weighted by Crippen LogP contribution is -2.27. The van der Waals surface area contributed by atoms with Crippen LogP contribution in [0.15, 0.2) is 65.3 Å². The molecule has 27 heavy (non-hydrogen) atoms. The largest absolute Gasteiger partial charge is 0.484 e. The Morgan fingerprint density at radius 3 is 2.41 bits per heavy atom. The maximum Gasteiger partial charge on any atom is 0.280 e. The average molecular weight is 363 g/mol. The lowest BCUT2D eigenvalue weighted by atomic mass is 10.1. The quantitative estimate of drug-likeness (QED) is 0.768. The molecule has 0 fully saturated rings. The lowest BCUT2D eigenvalue weighted by Gasteiger charge is -2.11. The molecule has 2 aromatic carbocycles. The van der Waals surface area contributed by atoms with Crippen molar-refractivity contribution in [3.8, 4) is 5.75 Å². The maximum absolute atomic E-state index is 12.7. The van der Waals surface area contributed by atoms with Crippen molar-refractivity contribution in [3.63, 3.8) is 0 Å². The number of carbonyl (C=O) groups excluding carboxylic acids is 2. The van der Waals surface area contributed by atoms with E-state index in [1.54, 1.807) is 32.3 Å². The van der Waals surface area contributed by atoms with E-state index >= 15 is 0 Å². The number of carbonyl (C=O) groups is 2. The van der Waals surface area contributed by atoms with Crippen LogP contribution in [0.25, 0.3) is 6.08 Å². The molecule has 0 spiro atoms. The van der Waals surface area contributed by atoms with Crippen LogP contribution in [0.3, 0.4) is 0 Å². The van der Waals surface area contributed by atoms with Gasteiger partial charge in [-0.1, -0.05) is 30.3 Å². The van der Waals surface area contributed by atoms with Gasteiger partial charge in [-0.15, -0.1) is 0 Å². The van der Waals surface area contributed by atoms with Gasteiger partial charge in [0.05, 0.1) is 17.0 Å². The van der Waals surface area contributed by atoms with Gasteiger partial charge in [-0.25, -0.2) is 0 Å². The first-order valence-corrected chi connectivity index (χ1v) is 8.55. The van der Waals surface area contributed by atoms with Gasteiger partial charge in [-0.05, 0) is 42.8 Å². The van der Waals surface area contributed by atoms with Crippen LogP contribution >= 0.6 is 0 Å². The molecule has 1 aliphatic rings. The third-order valence-electron chi connectivity index (χ3n) is 4.12. The van der Waals surface area contributed by atoms with Gasteiger partial charge < -0.3 is 9.64 Å². The Hall–Kier alpha value is -3.41. The van der Waals surface area contributed by atoms with E-state index in [2.05, 4.69) is 5.10 Å². The van der Waals surface area contributed by atoms with E-state index in [0.717, 1.165) is 11.3 Å². The van der Waals surface area contributed by atoms with Crippen molar-refractivity contribution in [2.45, 2.75) is 6.92 Å². The van der Waals surface area contributed by atoms with Crippen molar-refractivity contribution in [1.29, 1.82) is 0 Å².